The van der Waals surface area contributed by atoms with Gasteiger partial charge in [-0.05, 0) is 97.1 Å². The van der Waals surface area contributed by atoms with Crippen molar-refractivity contribution in [1.29, 1.82) is 0 Å². The summed E-state index contributed by atoms with van der Waals surface area (Å²) in [5.74, 6) is 3.77. The molecule has 0 atom stereocenters. The van der Waals surface area contributed by atoms with Gasteiger partial charge >= 0.3 is 0 Å². The fourth-order valence-electron chi connectivity index (χ4n) is 8.01. The summed E-state index contributed by atoms with van der Waals surface area (Å²) in [7, 11) is 0. The molecule has 4 heterocycles. The Balaban J connectivity index is 1.30. The van der Waals surface area contributed by atoms with Gasteiger partial charge in [0, 0.05) is 51.5 Å². The van der Waals surface area contributed by atoms with E-state index in [1.54, 1.807) is 22.7 Å². The van der Waals surface area contributed by atoms with Gasteiger partial charge in [-0.25, -0.2) is 0 Å². The maximum Gasteiger partial charge on any atom is 0.128 e. The predicted molar refractivity (Wildman–Crippen MR) is 282 cm³/mol. The highest BCUT2D eigenvalue weighted by molar-refractivity contribution is 7.25. The van der Waals surface area contributed by atoms with Crippen LogP contribution >= 0.6 is 45.3 Å². The Bertz CT molecular complexity index is 2010. The van der Waals surface area contributed by atoms with Crippen LogP contribution < -0.4 is 18.9 Å². The van der Waals surface area contributed by atoms with Gasteiger partial charge in [-0.3, -0.25) is 0 Å². The van der Waals surface area contributed by atoms with E-state index in [1.165, 1.54) is 132 Å². The molecule has 2 aromatic carbocycles. The molecule has 0 N–H and O–H groups in total. The van der Waals surface area contributed by atoms with E-state index in [4.69, 9.17) is 18.9 Å². The highest BCUT2D eigenvalue weighted by atomic mass is 32.1. The van der Waals surface area contributed by atoms with Gasteiger partial charge in [-0.2, -0.15) is 0 Å². The maximum absolute atomic E-state index is 6.72. The van der Waals surface area contributed by atoms with Crippen molar-refractivity contribution in [2.75, 3.05) is 26.4 Å². The van der Waals surface area contributed by atoms with E-state index in [2.05, 4.69) is 111 Å². The van der Waals surface area contributed by atoms with Crippen LogP contribution in [0, 0.1) is 0 Å². The summed E-state index contributed by atoms with van der Waals surface area (Å²) < 4.78 is 26.8. The summed E-state index contributed by atoms with van der Waals surface area (Å²) in [6.07, 6.45) is 24.2. The van der Waals surface area contributed by atoms with Gasteiger partial charge in [0.2, 0.25) is 0 Å². The monoisotopic (exact) mass is 938 g/mol. The molecule has 6 aromatic rings. The summed E-state index contributed by atoms with van der Waals surface area (Å²) in [6, 6.07) is 26.8. The molecule has 0 fully saturated rings. The second kappa shape index (κ2) is 28.5. The SMILES string of the molecule is CCCCCCCOc1cc(-c2ccc(-c3ccc(-c4cc(OCCCCCCC)c(-c5cccs5)cc4OCCCCCCC)s3)s2)c(OCCCCCCC)cc1-c1cccs1. The topological polar surface area (TPSA) is 36.9 Å². The smallest absolute Gasteiger partial charge is 0.128 e. The van der Waals surface area contributed by atoms with Crippen molar-refractivity contribution in [2.45, 2.75) is 156 Å². The van der Waals surface area contributed by atoms with Gasteiger partial charge in [0.05, 0.1) is 26.4 Å². The molecule has 0 unspecified atom stereocenters. The molecule has 6 rings (SSSR count). The molecular formula is C56H74O4S4. The first kappa shape index (κ1) is 49.9. The Hall–Kier alpha value is -3.56. The Morgan fingerprint density at radius 1 is 0.312 bits per heavy atom. The van der Waals surface area contributed by atoms with Crippen LogP contribution in [-0.2, 0) is 0 Å². The Kier molecular flexibility index (Phi) is 22.2. The van der Waals surface area contributed by atoms with Crippen LogP contribution in [0.5, 0.6) is 23.0 Å². The van der Waals surface area contributed by atoms with Crippen LogP contribution in [0.15, 0.2) is 83.6 Å². The van der Waals surface area contributed by atoms with E-state index in [-0.39, 0.29) is 0 Å². The standard InChI is InChI=1S/C56H74O4S4/c1-5-9-13-17-21-33-57-47-41-45(49(59-35-23-19-15-11-7-3)39-43(47)51-27-25-37-61-51)53-29-31-55(63-53)56-32-30-54(64-56)46-42-48(58-34-22-18-14-10-6-2)44(52-28-26-38-62-52)40-50(46)60-36-24-20-16-12-8-4/h25-32,37-42H,5-24,33-36H2,1-4H3. The van der Waals surface area contributed by atoms with Crippen molar-refractivity contribution >= 4 is 45.3 Å². The highest BCUT2D eigenvalue weighted by Gasteiger charge is 2.21. The lowest BCUT2D eigenvalue weighted by Gasteiger charge is -2.17. The fourth-order valence-corrected chi connectivity index (χ4v) is 11.7. The van der Waals surface area contributed by atoms with Crippen molar-refractivity contribution in [3.8, 4) is 74.5 Å². The molecule has 8 heteroatoms. The van der Waals surface area contributed by atoms with Gasteiger partial charge in [-0.15, -0.1) is 45.3 Å². The second-order valence-electron chi connectivity index (χ2n) is 17.0. The second-order valence-corrected chi connectivity index (χ2v) is 21.1. The fraction of sp³-hybridized carbons (Fsp3) is 0.500. The lowest BCUT2D eigenvalue weighted by molar-refractivity contribution is 0.298. The van der Waals surface area contributed by atoms with Crippen molar-refractivity contribution in [3.63, 3.8) is 0 Å². The Morgan fingerprint density at radius 3 is 0.875 bits per heavy atom. The zero-order valence-corrected chi connectivity index (χ0v) is 42.6. The molecule has 0 saturated heterocycles. The van der Waals surface area contributed by atoms with Gasteiger partial charge in [-0.1, -0.05) is 143 Å². The molecule has 0 bridgehead atoms. The van der Waals surface area contributed by atoms with Crippen molar-refractivity contribution in [1.82, 2.24) is 0 Å². The lowest BCUT2D eigenvalue weighted by Crippen LogP contribution is -2.02. The minimum Gasteiger partial charge on any atom is -0.493 e. The summed E-state index contributed by atoms with van der Waals surface area (Å²) in [5, 5.41) is 4.30. The zero-order chi connectivity index (χ0) is 44.6. The first-order valence-corrected chi connectivity index (χ1v) is 28.2. The molecule has 0 aliphatic carbocycles. The summed E-state index contributed by atoms with van der Waals surface area (Å²) in [6.45, 7) is 11.9. The molecule has 0 aliphatic rings. The normalized spacial score (nSPS) is 11.4. The van der Waals surface area contributed by atoms with Gasteiger partial charge in [0.25, 0.3) is 0 Å². The van der Waals surface area contributed by atoms with Crippen LogP contribution in [0.25, 0.3) is 51.5 Å². The van der Waals surface area contributed by atoms with Gasteiger partial charge < -0.3 is 18.9 Å². The number of thiophene rings is 4. The third kappa shape index (κ3) is 15.3. The third-order valence-electron chi connectivity index (χ3n) is 11.7. The Labute approximate surface area is 402 Å². The first-order valence-electron chi connectivity index (χ1n) is 24.8. The molecule has 0 spiro atoms. The largest absolute Gasteiger partial charge is 0.493 e. The van der Waals surface area contributed by atoms with Crippen molar-refractivity contribution < 1.29 is 18.9 Å². The summed E-state index contributed by atoms with van der Waals surface area (Å²) in [5.41, 5.74) is 4.46. The minimum atomic E-state index is 0.712. The Morgan fingerprint density at radius 2 is 0.594 bits per heavy atom. The number of unbranched alkanes of at least 4 members (excludes halogenated alkanes) is 16. The molecule has 346 valence electrons. The number of ether oxygens (including phenoxy) is 4. The first-order chi connectivity index (χ1) is 31.6. The number of rotatable bonds is 33. The third-order valence-corrected chi connectivity index (χ3v) is 16.0. The predicted octanol–water partition coefficient (Wildman–Crippen LogP) is 19.7. The molecule has 0 saturated carbocycles. The molecule has 0 radical (unpaired) electrons. The quantitative estimate of drug-likeness (QED) is 0.0385. The van der Waals surface area contributed by atoms with E-state index >= 15 is 0 Å². The van der Waals surface area contributed by atoms with E-state index in [9.17, 15) is 0 Å². The minimum absolute atomic E-state index is 0.712. The number of hydrogen-bond donors (Lipinski definition) is 0. The van der Waals surface area contributed by atoms with E-state index in [0.29, 0.717) is 13.2 Å². The van der Waals surface area contributed by atoms with Crippen LogP contribution in [0.1, 0.15) is 156 Å². The van der Waals surface area contributed by atoms with Crippen LogP contribution in [0.3, 0.4) is 0 Å². The summed E-state index contributed by atoms with van der Waals surface area (Å²) >= 11 is 7.19. The van der Waals surface area contributed by atoms with Crippen molar-refractivity contribution in [2.24, 2.45) is 0 Å². The van der Waals surface area contributed by atoms with E-state index in [0.717, 1.165) is 84.1 Å². The van der Waals surface area contributed by atoms with Crippen LogP contribution in [-0.4, -0.2) is 26.4 Å². The maximum atomic E-state index is 6.72. The lowest BCUT2D eigenvalue weighted by atomic mass is 10.1. The number of hydrogen-bond acceptors (Lipinski definition) is 8. The van der Waals surface area contributed by atoms with Crippen molar-refractivity contribution in [3.05, 3.63) is 83.6 Å². The van der Waals surface area contributed by atoms with Crippen LogP contribution in [0.4, 0.5) is 0 Å². The average Bonchev–Trinajstić information content (AvgIpc) is 4.17. The molecule has 4 aromatic heterocycles. The molecule has 0 amide bonds. The van der Waals surface area contributed by atoms with E-state index in [1.807, 2.05) is 22.7 Å². The van der Waals surface area contributed by atoms with E-state index < -0.39 is 0 Å². The average molecular weight is 939 g/mol. The van der Waals surface area contributed by atoms with Crippen LogP contribution in [0.2, 0.25) is 0 Å². The number of benzene rings is 2. The molecule has 0 aliphatic heterocycles. The highest BCUT2D eigenvalue weighted by Crippen LogP contribution is 2.49. The molecule has 4 nitrogen and oxygen atoms in total. The zero-order valence-electron chi connectivity index (χ0n) is 39.3. The van der Waals surface area contributed by atoms with Gasteiger partial charge in [0.1, 0.15) is 23.0 Å². The summed E-state index contributed by atoms with van der Waals surface area (Å²) in [4.78, 5) is 7.30. The molecular weight excluding hydrogens is 865 g/mol. The molecule has 64 heavy (non-hydrogen) atoms. The van der Waals surface area contributed by atoms with Gasteiger partial charge in [0.15, 0.2) is 0 Å².